The van der Waals surface area contributed by atoms with E-state index in [-0.39, 0.29) is 24.5 Å². The maximum atomic E-state index is 11.6. The first-order valence-electron chi connectivity index (χ1n) is 10.3. The Kier molecular flexibility index (Phi) is 10.5. The monoisotopic (exact) mass is 483 g/mol. The topological polar surface area (TPSA) is 93.1 Å². The molecule has 2 heterocycles. The number of allylic oxidation sites excluding steroid dienone is 1. The van der Waals surface area contributed by atoms with Crippen molar-refractivity contribution in [3.05, 3.63) is 28.2 Å². The Bertz CT molecular complexity index is 868. The SMILES string of the molecule is COc1cc2c(cc1OC)C(=C(C#N)SCC(CN1CCOCC1)OC(C)=O)NCC2.Cl. The highest BCUT2D eigenvalue weighted by Gasteiger charge is 2.24. The number of esters is 1. The van der Waals surface area contributed by atoms with E-state index in [9.17, 15) is 10.1 Å². The molecule has 0 radical (unpaired) electrons. The van der Waals surface area contributed by atoms with Gasteiger partial charge in [-0.1, -0.05) is 0 Å². The minimum atomic E-state index is -0.317. The molecule has 10 heteroatoms. The van der Waals surface area contributed by atoms with Gasteiger partial charge < -0.3 is 24.3 Å². The first-order valence-corrected chi connectivity index (χ1v) is 11.3. The molecule has 2 aliphatic heterocycles. The quantitative estimate of drug-likeness (QED) is 0.442. The Balaban J connectivity index is 0.00000363. The Morgan fingerprint density at radius 2 is 1.97 bits per heavy atom. The molecule has 0 saturated carbocycles. The molecule has 1 aromatic carbocycles. The molecule has 1 N–H and O–H groups in total. The molecule has 2 aliphatic rings. The summed E-state index contributed by atoms with van der Waals surface area (Å²) in [6, 6.07) is 6.20. The van der Waals surface area contributed by atoms with Crippen LogP contribution in [0.1, 0.15) is 18.1 Å². The second kappa shape index (κ2) is 12.8. The lowest BCUT2D eigenvalue weighted by molar-refractivity contribution is -0.146. The smallest absolute Gasteiger partial charge is 0.302 e. The highest BCUT2D eigenvalue weighted by molar-refractivity contribution is 8.03. The van der Waals surface area contributed by atoms with Crippen molar-refractivity contribution in [1.82, 2.24) is 10.2 Å². The Morgan fingerprint density at radius 3 is 2.59 bits per heavy atom. The highest BCUT2D eigenvalue weighted by atomic mass is 35.5. The summed E-state index contributed by atoms with van der Waals surface area (Å²) in [7, 11) is 3.21. The predicted molar refractivity (Wildman–Crippen MR) is 126 cm³/mol. The van der Waals surface area contributed by atoms with Gasteiger partial charge in [-0.05, 0) is 24.1 Å². The number of carbonyl (C=O) groups excluding carboxylic acids is 1. The molecule has 1 unspecified atom stereocenters. The van der Waals surface area contributed by atoms with E-state index in [1.165, 1.54) is 18.7 Å². The minimum Gasteiger partial charge on any atom is -0.493 e. The zero-order valence-corrected chi connectivity index (χ0v) is 20.3. The molecule has 1 atom stereocenters. The van der Waals surface area contributed by atoms with Gasteiger partial charge in [-0.2, -0.15) is 5.26 Å². The molecule has 0 spiro atoms. The maximum Gasteiger partial charge on any atom is 0.302 e. The number of nitriles is 1. The number of morpholine rings is 1. The number of hydrogen-bond acceptors (Lipinski definition) is 9. The van der Waals surface area contributed by atoms with Gasteiger partial charge in [0.15, 0.2) is 11.5 Å². The average Bonchev–Trinajstić information content (AvgIpc) is 2.78. The van der Waals surface area contributed by atoms with Gasteiger partial charge in [0.2, 0.25) is 0 Å². The van der Waals surface area contributed by atoms with Gasteiger partial charge in [-0.25, -0.2) is 0 Å². The number of rotatable bonds is 8. The lowest BCUT2D eigenvalue weighted by Gasteiger charge is -2.30. The van der Waals surface area contributed by atoms with E-state index in [0.717, 1.165) is 42.9 Å². The zero-order valence-electron chi connectivity index (χ0n) is 18.6. The van der Waals surface area contributed by atoms with Crippen LogP contribution >= 0.6 is 24.2 Å². The average molecular weight is 484 g/mol. The summed E-state index contributed by atoms with van der Waals surface area (Å²) in [6.45, 7) is 5.75. The number of fused-ring (bicyclic) bond motifs is 1. The normalized spacial score (nSPS) is 18.2. The van der Waals surface area contributed by atoms with Crippen LogP contribution < -0.4 is 14.8 Å². The molecule has 1 saturated heterocycles. The second-order valence-electron chi connectivity index (χ2n) is 7.31. The van der Waals surface area contributed by atoms with Gasteiger partial charge in [0.1, 0.15) is 17.1 Å². The van der Waals surface area contributed by atoms with Crippen molar-refractivity contribution in [2.24, 2.45) is 0 Å². The number of nitrogens with one attached hydrogen (secondary N) is 1. The molecular weight excluding hydrogens is 454 g/mol. The fraction of sp³-hybridized carbons (Fsp3) is 0.545. The summed E-state index contributed by atoms with van der Waals surface area (Å²) < 4.78 is 21.8. The van der Waals surface area contributed by atoms with Gasteiger partial charge in [-0.3, -0.25) is 9.69 Å². The lowest BCUT2D eigenvalue weighted by Crippen LogP contribution is -2.42. The van der Waals surface area contributed by atoms with Crippen LogP contribution in [-0.2, 0) is 20.7 Å². The van der Waals surface area contributed by atoms with Crippen LogP contribution in [0.4, 0.5) is 0 Å². The summed E-state index contributed by atoms with van der Waals surface area (Å²) in [5.41, 5.74) is 2.82. The number of thioether (sulfide) groups is 1. The molecule has 1 aromatic rings. The molecule has 0 aliphatic carbocycles. The van der Waals surface area contributed by atoms with Crippen LogP contribution in [0.3, 0.4) is 0 Å². The molecule has 0 bridgehead atoms. The fourth-order valence-electron chi connectivity index (χ4n) is 3.75. The Hall–Kier alpha value is -2.12. The molecule has 176 valence electrons. The van der Waals surface area contributed by atoms with Crippen LogP contribution in [0.2, 0.25) is 0 Å². The van der Waals surface area contributed by atoms with Crippen LogP contribution in [0.15, 0.2) is 17.0 Å². The molecule has 8 nitrogen and oxygen atoms in total. The van der Waals surface area contributed by atoms with E-state index in [0.29, 0.717) is 41.9 Å². The first-order chi connectivity index (χ1) is 15.0. The Labute approximate surface area is 199 Å². The van der Waals surface area contributed by atoms with Crippen LogP contribution in [0.5, 0.6) is 11.5 Å². The summed E-state index contributed by atoms with van der Waals surface area (Å²) in [6.07, 6.45) is 0.522. The van der Waals surface area contributed by atoms with E-state index in [4.69, 9.17) is 18.9 Å². The lowest BCUT2D eigenvalue weighted by atomic mass is 9.97. The summed E-state index contributed by atoms with van der Waals surface area (Å²) in [5, 5.41) is 13.3. The van der Waals surface area contributed by atoms with Crippen molar-refractivity contribution in [3.63, 3.8) is 0 Å². The van der Waals surface area contributed by atoms with Gasteiger partial charge in [0, 0.05) is 44.4 Å². The summed E-state index contributed by atoms with van der Waals surface area (Å²) in [4.78, 5) is 14.4. The van der Waals surface area contributed by atoms with E-state index in [1.807, 2.05) is 12.1 Å². The predicted octanol–water partition coefficient (Wildman–Crippen LogP) is 2.46. The third-order valence-electron chi connectivity index (χ3n) is 5.22. The van der Waals surface area contributed by atoms with Gasteiger partial charge >= 0.3 is 5.97 Å². The maximum absolute atomic E-state index is 11.6. The number of ether oxygens (including phenoxy) is 4. The largest absolute Gasteiger partial charge is 0.493 e. The highest BCUT2D eigenvalue weighted by Crippen LogP contribution is 2.37. The minimum absolute atomic E-state index is 0. The fourth-order valence-corrected chi connectivity index (χ4v) is 4.66. The van der Waals surface area contributed by atoms with Crippen molar-refractivity contribution in [2.75, 3.05) is 59.4 Å². The molecule has 32 heavy (non-hydrogen) atoms. The van der Waals surface area contributed by atoms with Gasteiger partial charge in [0.05, 0.1) is 33.1 Å². The molecule has 0 aromatic heterocycles. The molecule has 0 amide bonds. The third kappa shape index (κ3) is 6.69. The number of hydrogen-bond donors (Lipinski definition) is 1. The molecule has 3 rings (SSSR count). The number of methoxy groups -OCH3 is 2. The van der Waals surface area contributed by atoms with Crippen molar-refractivity contribution >= 4 is 35.8 Å². The number of carbonyl (C=O) groups is 1. The van der Waals surface area contributed by atoms with Crippen LogP contribution in [-0.4, -0.2) is 76.3 Å². The van der Waals surface area contributed by atoms with E-state index in [2.05, 4.69) is 16.3 Å². The van der Waals surface area contributed by atoms with Crippen LogP contribution in [0.25, 0.3) is 5.70 Å². The standard InChI is InChI=1S/C22H29N3O5S.ClH/c1-15(26)30-17(13-25-6-8-29-9-7-25)14-31-21(12-23)22-18-11-20(28-3)19(27-2)10-16(18)4-5-24-22;/h10-11,17,24H,4-9,13-14H2,1-3H3;1H. The van der Waals surface area contributed by atoms with Crippen LogP contribution in [0, 0.1) is 11.3 Å². The second-order valence-corrected chi connectivity index (χ2v) is 8.34. The van der Waals surface area contributed by atoms with Gasteiger partial charge in [0.25, 0.3) is 0 Å². The number of halogens is 1. The van der Waals surface area contributed by atoms with Crippen molar-refractivity contribution in [2.45, 2.75) is 19.4 Å². The van der Waals surface area contributed by atoms with Gasteiger partial charge in [-0.15, -0.1) is 24.2 Å². The summed E-state index contributed by atoms with van der Waals surface area (Å²) in [5.74, 6) is 1.47. The molecule has 1 fully saturated rings. The third-order valence-corrected chi connectivity index (χ3v) is 6.34. The van der Waals surface area contributed by atoms with E-state index >= 15 is 0 Å². The zero-order chi connectivity index (χ0) is 22.2. The van der Waals surface area contributed by atoms with E-state index < -0.39 is 0 Å². The van der Waals surface area contributed by atoms with Crippen molar-refractivity contribution in [1.29, 1.82) is 5.26 Å². The number of nitrogens with zero attached hydrogens (tertiary/aromatic N) is 2. The van der Waals surface area contributed by atoms with Crippen molar-refractivity contribution in [3.8, 4) is 17.6 Å². The summed E-state index contributed by atoms with van der Waals surface area (Å²) >= 11 is 1.40. The van der Waals surface area contributed by atoms with E-state index in [1.54, 1.807) is 14.2 Å². The number of benzene rings is 1. The molecular formula is C22H30ClN3O5S. The van der Waals surface area contributed by atoms with Crippen molar-refractivity contribution < 1.29 is 23.7 Å². The Morgan fingerprint density at radius 1 is 1.28 bits per heavy atom. The first kappa shape index (κ1) is 26.1.